The summed E-state index contributed by atoms with van der Waals surface area (Å²) in [7, 11) is 0. The van der Waals surface area contributed by atoms with Crippen LogP contribution < -0.4 is 0 Å². The van der Waals surface area contributed by atoms with E-state index < -0.39 is 0 Å². The van der Waals surface area contributed by atoms with E-state index in [9.17, 15) is 0 Å². The van der Waals surface area contributed by atoms with Crippen LogP contribution in [-0.4, -0.2) is 47.7 Å². The first kappa shape index (κ1) is 14.8. The molecule has 5 nitrogen and oxygen atoms in total. The molecule has 5 heteroatoms. The fourth-order valence-electron chi connectivity index (χ4n) is 2.71. The van der Waals surface area contributed by atoms with Crippen LogP contribution in [0.5, 0.6) is 0 Å². The van der Waals surface area contributed by atoms with Gasteiger partial charge in [0.1, 0.15) is 5.69 Å². The zero-order chi connectivity index (χ0) is 15.4. The number of rotatable bonds is 4. The third-order valence-electron chi connectivity index (χ3n) is 4.14. The molecule has 2 aromatic rings. The molecule has 1 aliphatic heterocycles. The molecule has 2 heterocycles. The minimum Gasteiger partial charge on any atom is -0.359 e. The number of hydrogen-bond donors (Lipinski definition) is 0. The minimum absolute atomic E-state index is 0.640. The van der Waals surface area contributed by atoms with E-state index in [0.29, 0.717) is 5.69 Å². The number of likely N-dealkylation sites (N-methyl/N-ethyl adjacent to an activating group) is 1. The number of piperazine rings is 1. The predicted octanol–water partition coefficient (Wildman–Crippen LogP) is 3.03. The van der Waals surface area contributed by atoms with E-state index in [0.717, 1.165) is 56.3 Å². The average Bonchev–Trinajstić information content (AvgIpc) is 3.04. The van der Waals surface area contributed by atoms with E-state index in [-0.39, 0.29) is 0 Å². The third kappa shape index (κ3) is 3.35. The largest absolute Gasteiger partial charge is 0.359 e. The van der Waals surface area contributed by atoms with Crippen LogP contribution >= 0.6 is 0 Å². The van der Waals surface area contributed by atoms with Crippen molar-refractivity contribution in [1.29, 1.82) is 0 Å². The lowest BCUT2D eigenvalue weighted by molar-refractivity contribution is 0.122. The SMILES string of the molecule is [C-]#[N+]c1ccc(-c2cc(CN3CCN(CC)CC3)on2)cc1. The summed E-state index contributed by atoms with van der Waals surface area (Å²) in [5, 5.41) is 4.15. The van der Waals surface area contributed by atoms with Gasteiger partial charge in [-0.25, -0.2) is 4.85 Å². The lowest BCUT2D eigenvalue weighted by Gasteiger charge is -2.33. The second-order valence-electron chi connectivity index (χ2n) is 5.55. The summed E-state index contributed by atoms with van der Waals surface area (Å²) < 4.78 is 5.47. The second-order valence-corrected chi connectivity index (χ2v) is 5.55. The van der Waals surface area contributed by atoms with Gasteiger partial charge in [-0.2, -0.15) is 0 Å². The fraction of sp³-hybridized carbons (Fsp3) is 0.412. The standard InChI is InChI=1S/C17H20N4O/c1-3-20-8-10-21(11-9-20)13-16-12-17(19-22-16)14-4-6-15(18-2)7-5-14/h4-7,12H,3,8-11,13H2,1H3. The molecular formula is C17H20N4O. The van der Waals surface area contributed by atoms with Crippen LogP contribution in [0, 0.1) is 6.57 Å². The maximum absolute atomic E-state index is 6.98. The van der Waals surface area contributed by atoms with Gasteiger partial charge in [-0.15, -0.1) is 0 Å². The van der Waals surface area contributed by atoms with Crippen molar-refractivity contribution in [3.8, 4) is 11.3 Å². The van der Waals surface area contributed by atoms with E-state index in [1.54, 1.807) is 12.1 Å². The monoisotopic (exact) mass is 296 g/mol. The van der Waals surface area contributed by atoms with Crippen molar-refractivity contribution in [1.82, 2.24) is 15.0 Å². The summed E-state index contributed by atoms with van der Waals surface area (Å²) in [5.74, 6) is 0.897. The molecule has 114 valence electrons. The Morgan fingerprint density at radius 3 is 2.45 bits per heavy atom. The normalized spacial score (nSPS) is 16.5. The average molecular weight is 296 g/mol. The van der Waals surface area contributed by atoms with Crippen molar-refractivity contribution < 1.29 is 4.52 Å². The van der Waals surface area contributed by atoms with Gasteiger partial charge in [0.05, 0.1) is 13.1 Å². The molecule has 1 fully saturated rings. The number of benzene rings is 1. The summed E-state index contributed by atoms with van der Waals surface area (Å²) in [6.07, 6.45) is 0. The van der Waals surface area contributed by atoms with Gasteiger partial charge in [-0.3, -0.25) is 4.90 Å². The molecular weight excluding hydrogens is 276 g/mol. The Balaban J connectivity index is 1.62. The van der Waals surface area contributed by atoms with Crippen LogP contribution in [0.25, 0.3) is 16.1 Å². The molecule has 0 radical (unpaired) electrons. The first-order valence-electron chi connectivity index (χ1n) is 7.66. The Bertz CT molecular complexity index is 648. The molecule has 22 heavy (non-hydrogen) atoms. The lowest BCUT2D eigenvalue weighted by atomic mass is 10.1. The van der Waals surface area contributed by atoms with Crippen LogP contribution in [0.15, 0.2) is 34.9 Å². The molecule has 0 aliphatic carbocycles. The van der Waals surface area contributed by atoms with E-state index >= 15 is 0 Å². The third-order valence-corrected chi connectivity index (χ3v) is 4.14. The first-order chi connectivity index (χ1) is 10.8. The molecule has 1 aromatic carbocycles. The van der Waals surface area contributed by atoms with Crippen LogP contribution in [0.2, 0.25) is 0 Å². The van der Waals surface area contributed by atoms with E-state index in [2.05, 4.69) is 26.7 Å². The number of hydrogen-bond acceptors (Lipinski definition) is 4. The van der Waals surface area contributed by atoms with Crippen molar-refractivity contribution in [2.24, 2.45) is 0 Å². The van der Waals surface area contributed by atoms with Gasteiger partial charge in [-0.05, 0) is 6.54 Å². The van der Waals surface area contributed by atoms with Gasteiger partial charge in [0.15, 0.2) is 11.4 Å². The summed E-state index contributed by atoms with van der Waals surface area (Å²) >= 11 is 0. The number of nitrogens with zero attached hydrogens (tertiary/aromatic N) is 4. The maximum Gasteiger partial charge on any atom is 0.187 e. The second kappa shape index (κ2) is 6.73. The molecule has 0 atom stereocenters. The minimum atomic E-state index is 0.640. The van der Waals surface area contributed by atoms with Crippen molar-refractivity contribution in [2.45, 2.75) is 13.5 Å². The molecule has 1 aromatic heterocycles. The van der Waals surface area contributed by atoms with Gasteiger partial charge in [0.25, 0.3) is 0 Å². The van der Waals surface area contributed by atoms with Gasteiger partial charge in [-0.1, -0.05) is 36.3 Å². The van der Waals surface area contributed by atoms with E-state index in [4.69, 9.17) is 11.1 Å². The summed E-state index contributed by atoms with van der Waals surface area (Å²) in [5.41, 5.74) is 2.46. The predicted molar refractivity (Wildman–Crippen MR) is 85.6 cm³/mol. The Morgan fingerprint density at radius 1 is 1.14 bits per heavy atom. The Labute approximate surface area is 130 Å². The summed E-state index contributed by atoms with van der Waals surface area (Å²) in [6, 6.07) is 9.43. The molecule has 1 aliphatic rings. The van der Waals surface area contributed by atoms with E-state index in [1.165, 1.54) is 0 Å². The maximum atomic E-state index is 6.98. The molecule has 0 saturated carbocycles. The Morgan fingerprint density at radius 2 is 1.82 bits per heavy atom. The Kier molecular flexibility index (Phi) is 4.52. The molecule has 0 N–H and O–H groups in total. The molecule has 3 rings (SSSR count). The van der Waals surface area contributed by atoms with Crippen molar-refractivity contribution in [2.75, 3.05) is 32.7 Å². The van der Waals surface area contributed by atoms with Crippen LogP contribution in [-0.2, 0) is 6.54 Å². The zero-order valence-corrected chi connectivity index (χ0v) is 12.8. The van der Waals surface area contributed by atoms with Crippen molar-refractivity contribution >= 4 is 5.69 Å². The molecule has 0 spiro atoms. The molecule has 0 amide bonds. The highest BCUT2D eigenvalue weighted by atomic mass is 16.5. The lowest BCUT2D eigenvalue weighted by Crippen LogP contribution is -2.45. The van der Waals surface area contributed by atoms with Crippen LogP contribution in [0.3, 0.4) is 0 Å². The Hall–Kier alpha value is -2.16. The van der Waals surface area contributed by atoms with Gasteiger partial charge in [0.2, 0.25) is 0 Å². The molecule has 1 saturated heterocycles. The summed E-state index contributed by atoms with van der Waals surface area (Å²) in [6.45, 7) is 15.5. The zero-order valence-electron chi connectivity index (χ0n) is 12.8. The fourth-order valence-corrected chi connectivity index (χ4v) is 2.71. The highest BCUT2D eigenvalue weighted by Crippen LogP contribution is 2.23. The van der Waals surface area contributed by atoms with Crippen molar-refractivity contribution in [3.63, 3.8) is 0 Å². The van der Waals surface area contributed by atoms with Crippen LogP contribution in [0.1, 0.15) is 12.7 Å². The van der Waals surface area contributed by atoms with Gasteiger partial charge < -0.3 is 9.42 Å². The van der Waals surface area contributed by atoms with E-state index in [1.807, 2.05) is 18.2 Å². The topological polar surface area (TPSA) is 36.9 Å². The number of aromatic nitrogens is 1. The quantitative estimate of drug-likeness (QED) is 0.813. The van der Waals surface area contributed by atoms with Crippen LogP contribution in [0.4, 0.5) is 5.69 Å². The summed E-state index contributed by atoms with van der Waals surface area (Å²) in [4.78, 5) is 8.26. The first-order valence-corrected chi connectivity index (χ1v) is 7.66. The van der Waals surface area contributed by atoms with Crippen molar-refractivity contribution in [3.05, 3.63) is 47.5 Å². The van der Waals surface area contributed by atoms with Gasteiger partial charge >= 0.3 is 0 Å². The smallest absolute Gasteiger partial charge is 0.187 e. The molecule has 0 unspecified atom stereocenters. The highest BCUT2D eigenvalue weighted by molar-refractivity contribution is 5.62. The van der Waals surface area contributed by atoms with Gasteiger partial charge in [0, 0.05) is 37.8 Å². The highest BCUT2D eigenvalue weighted by Gasteiger charge is 2.17. The molecule has 0 bridgehead atoms.